The summed E-state index contributed by atoms with van der Waals surface area (Å²) in [6.07, 6.45) is 0. The van der Waals surface area contributed by atoms with Crippen LogP contribution in [0.4, 0.5) is 0 Å². The van der Waals surface area contributed by atoms with Gasteiger partial charge in [-0.2, -0.15) is 30.3 Å². The molecule has 1 radical (unpaired) electrons. The van der Waals surface area contributed by atoms with Gasteiger partial charge >= 0.3 is 0 Å². The second-order valence-electron chi connectivity index (χ2n) is 8.19. The predicted octanol–water partition coefficient (Wildman–Crippen LogP) is 6.83. The molecular formula is C33H24IrNOP-2. The molecule has 0 saturated heterocycles. The fraction of sp³-hybridized carbons (Fsp3) is 0. The maximum Gasteiger partial charge on any atom is 0.147 e. The molecule has 4 heteroatoms. The van der Waals surface area contributed by atoms with Crippen LogP contribution >= 0.6 is 7.14 Å². The van der Waals surface area contributed by atoms with E-state index in [1.165, 1.54) is 5.39 Å². The van der Waals surface area contributed by atoms with Crippen molar-refractivity contribution in [1.82, 2.24) is 4.98 Å². The van der Waals surface area contributed by atoms with E-state index in [1.807, 2.05) is 133 Å². The van der Waals surface area contributed by atoms with Crippen molar-refractivity contribution in [2.24, 2.45) is 0 Å². The predicted molar refractivity (Wildman–Crippen MR) is 151 cm³/mol. The minimum Gasteiger partial charge on any atom is -0.311 e. The summed E-state index contributed by atoms with van der Waals surface area (Å²) in [6.45, 7) is 0. The van der Waals surface area contributed by atoms with E-state index in [1.54, 1.807) is 0 Å². The van der Waals surface area contributed by atoms with Gasteiger partial charge in [0.15, 0.2) is 0 Å². The van der Waals surface area contributed by atoms with Crippen LogP contribution in [0.3, 0.4) is 0 Å². The van der Waals surface area contributed by atoms with Gasteiger partial charge in [0.05, 0.1) is 5.52 Å². The first-order valence-electron chi connectivity index (χ1n) is 11.8. The van der Waals surface area contributed by atoms with Gasteiger partial charge in [0.25, 0.3) is 0 Å². The van der Waals surface area contributed by atoms with E-state index in [4.69, 9.17) is 0 Å². The average molecular weight is 674 g/mol. The molecule has 0 atom stereocenters. The second-order valence-corrected chi connectivity index (χ2v) is 10.9. The molecule has 0 aliphatic heterocycles. The van der Waals surface area contributed by atoms with Gasteiger partial charge in [-0.25, -0.2) is 0 Å². The van der Waals surface area contributed by atoms with Gasteiger partial charge in [0.1, 0.15) is 7.14 Å². The van der Waals surface area contributed by atoms with Crippen molar-refractivity contribution in [3.05, 3.63) is 158 Å². The molecule has 0 amide bonds. The Morgan fingerprint density at radius 3 is 1.70 bits per heavy atom. The van der Waals surface area contributed by atoms with Gasteiger partial charge in [-0.1, -0.05) is 96.3 Å². The topological polar surface area (TPSA) is 30.0 Å². The van der Waals surface area contributed by atoms with Crippen LogP contribution in [0.5, 0.6) is 0 Å². The summed E-state index contributed by atoms with van der Waals surface area (Å²) < 4.78 is 13.8. The molecule has 6 aromatic rings. The van der Waals surface area contributed by atoms with Crippen LogP contribution in [0, 0.1) is 12.1 Å². The maximum atomic E-state index is 13.8. The van der Waals surface area contributed by atoms with Gasteiger partial charge in [-0.3, -0.25) is 4.98 Å². The van der Waals surface area contributed by atoms with Gasteiger partial charge in [-0.05, 0) is 17.1 Å². The Balaban J connectivity index is 0.000000172. The first kappa shape index (κ1) is 26.5. The molecule has 0 saturated carbocycles. The number of hydrogen-bond acceptors (Lipinski definition) is 2. The molecule has 1 aromatic heterocycles. The zero-order chi connectivity index (χ0) is 24.6. The normalized spacial score (nSPS) is 10.6. The van der Waals surface area contributed by atoms with E-state index in [0.29, 0.717) is 0 Å². The molecule has 1 heterocycles. The number of para-hydroxylation sites is 1. The fourth-order valence-corrected chi connectivity index (χ4v) is 6.64. The Labute approximate surface area is 231 Å². The fourth-order valence-electron chi connectivity index (χ4n) is 4.05. The summed E-state index contributed by atoms with van der Waals surface area (Å²) in [5.74, 6) is 0. The molecular weight excluding hydrogens is 650 g/mol. The SMILES string of the molecule is O=P(c1[c-]cccc1)(c1ccccc1)c1ccccc1.[Ir].[c-]1ccccc1-c1ccc2ccccc2n1. The molecule has 37 heavy (non-hydrogen) atoms. The number of pyridine rings is 1. The van der Waals surface area contributed by atoms with E-state index in [9.17, 15) is 4.57 Å². The molecule has 0 spiro atoms. The molecule has 183 valence electrons. The monoisotopic (exact) mass is 674 g/mol. The number of fused-ring (bicyclic) bond motifs is 1. The Bertz CT molecular complexity index is 1490. The quantitative estimate of drug-likeness (QED) is 0.152. The number of hydrogen-bond donors (Lipinski definition) is 0. The van der Waals surface area contributed by atoms with Crippen molar-refractivity contribution in [2.45, 2.75) is 0 Å². The molecule has 6 rings (SSSR count). The van der Waals surface area contributed by atoms with Crippen molar-refractivity contribution < 1.29 is 24.7 Å². The van der Waals surface area contributed by atoms with Crippen LogP contribution in [-0.2, 0) is 24.7 Å². The van der Waals surface area contributed by atoms with Crippen LogP contribution in [-0.4, -0.2) is 4.98 Å². The summed E-state index contributed by atoms with van der Waals surface area (Å²) in [5.41, 5.74) is 3.03. The number of benzene rings is 5. The molecule has 0 N–H and O–H groups in total. The zero-order valence-corrected chi connectivity index (χ0v) is 23.3. The summed E-state index contributed by atoms with van der Waals surface area (Å²) in [4.78, 5) is 4.61. The van der Waals surface area contributed by atoms with Gasteiger partial charge in [-0.15, -0.1) is 35.9 Å². The van der Waals surface area contributed by atoms with Crippen LogP contribution in [0.15, 0.2) is 146 Å². The second kappa shape index (κ2) is 12.6. The first-order chi connectivity index (χ1) is 17.7. The van der Waals surface area contributed by atoms with Gasteiger partial charge in [0, 0.05) is 30.7 Å². The van der Waals surface area contributed by atoms with E-state index >= 15 is 0 Å². The third kappa shape index (κ3) is 6.04. The van der Waals surface area contributed by atoms with E-state index in [-0.39, 0.29) is 20.1 Å². The zero-order valence-electron chi connectivity index (χ0n) is 20.0. The maximum absolute atomic E-state index is 13.8. The average Bonchev–Trinajstić information content (AvgIpc) is 2.98. The Morgan fingerprint density at radius 2 is 1.11 bits per heavy atom. The molecule has 5 aromatic carbocycles. The molecule has 0 unspecified atom stereocenters. The van der Waals surface area contributed by atoms with E-state index in [0.717, 1.165) is 32.7 Å². The largest absolute Gasteiger partial charge is 0.311 e. The number of aromatic nitrogens is 1. The third-order valence-corrected chi connectivity index (χ3v) is 8.86. The van der Waals surface area contributed by atoms with Gasteiger partial charge in [0.2, 0.25) is 0 Å². The smallest absolute Gasteiger partial charge is 0.147 e. The Kier molecular flexibility index (Phi) is 8.99. The van der Waals surface area contributed by atoms with Gasteiger partial charge < -0.3 is 4.57 Å². The summed E-state index contributed by atoms with van der Waals surface area (Å²) in [7, 11) is -2.83. The number of nitrogens with zero attached hydrogens (tertiary/aromatic N) is 1. The standard InChI is InChI=1S/C18H14OP.C15H10N.Ir/c19-20(16-10-4-1-5-11-16,17-12-6-2-7-13-17)18-14-8-3-9-15-18;1-2-6-12(7-3-1)15-11-10-13-8-4-5-9-14(13)16-15;/h1-14H;1-6,8-11H;/q2*-1;. The van der Waals surface area contributed by atoms with Crippen molar-refractivity contribution in [3.63, 3.8) is 0 Å². The minimum absolute atomic E-state index is 0. The van der Waals surface area contributed by atoms with Crippen molar-refractivity contribution in [1.29, 1.82) is 0 Å². The Morgan fingerprint density at radius 1 is 0.541 bits per heavy atom. The van der Waals surface area contributed by atoms with E-state index < -0.39 is 7.14 Å². The molecule has 0 aliphatic rings. The van der Waals surface area contributed by atoms with Crippen molar-refractivity contribution in [3.8, 4) is 11.3 Å². The number of rotatable bonds is 4. The summed E-state index contributed by atoms with van der Waals surface area (Å²) >= 11 is 0. The van der Waals surface area contributed by atoms with Crippen LogP contribution in [0.2, 0.25) is 0 Å². The molecule has 0 bridgehead atoms. The third-order valence-electron chi connectivity index (χ3n) is 5.85. The van der Waals surface area contributed by atoms with Crippen molar-refractivity contribution >= 4 is 34.0 Å². The molecule has 0 aliphatic carbocycles. The molecule has 0 fully saturated rings. The molecule has 2 nitrogen and oxygen atoms in total. The Hall–Kier alpha value is -3.61. The first-order valence-corrected chi connectivity index (χ1v) is 13.5. The van der Waals surface area contributed by atoms with Crippen molar-refractivity contribution in [2.75, 3.05) is 0 Å². The minimum atomic E-state index is -2.83. The summed E-state index contributed by atoms with van der Waals surface area (Å²) in [6, 6.07) is 53.3. The van der Waals surface area contributed by atoms with Crippen LogP contribution in [0.25, 0.3) is 22.2 Å². The van der Waals surface area contributed by atoms with E-state index in [2.05, 4.69) is 29.2 Å². The van der Waals surface area contributed by atoms with Crippen LogP contribution in [0.1, 0.15) is 0 Å². The summed E-state index contributed by atoms with van der Waals surface area (Å²) in [5, 5.41) is 3.60. The van der Waals surface area contributed by atoms with Crippen LogP contribution < -0.4 is 15.9 Å².